The van der Waals surface area contributed by atoms with Gasteiger partial charge in [-0.3, -0.25) is 9.69 Å². The fraction of sp³-hybridized carbons (Fsp3) is 0.273. The summed E-state index contributed by atoms with van der Waals surface area (Å²) in [6.07, 6.45) is 5.29. The highest BCUT2D eigenvalue weighted by Crippen LogP contribution is 2.36. The van der Waals surface area contributed by atoms with E-state index in [9.17, 15) is 4.79 Å². The highest BCUT2D eigenvalue weighted by molar-refractivity contribution is 8.27. The zero-order valence-electron chi connectivity index (χ0n) is 15.6. The molecule has 0 unspecified atom stereocenters. The summed E-state index contributed by atoms with van der Waals surface area (Å²) in [5.41, 5.74) is 3.07. The molecule has 2 aromatic carbocycles. The van der Waals surface area contributed by atoms with E-state index in [1.165, 1.54) is 30.2 Å². The van der Waals surface area contributed by atoms with Gasteiger partial charge in [0.15, 0.2) is 4.32 Å². The summed E-state index contributed by atoms with van der Waals surface area (Å²) in [4.78, 5) is 15.1. The van der Waals surface area contributed by atoms with Crippen LogP contribution in [0.2, 0.25) is 0 Å². The molecular weight excluding hydrogens is 374 g/mol. The molecule has 5 heteroatoms. The molecule has 0 spiro atoms. The van der Waals surface area contributed by atoms with Gasteiger partial charge in [-0.2, -0.15) is 0 Å². The van der Waals surface area contributed by atoms with Gasteiger partial charge in [0.2, 0.25) is 0 Å². The van der Waals surface area contributed by atoms with E-state index in [1.807, 2.05) is 49.4 Å². The molecule has 0 bridgehead atoms. The Morgan fingerprint density at radius 1 is 1.07 bits per heavy atom. The molecule has 0 saturated carbocycles. The van der Waals surface area contributed by atoms with Crippen LogP contribution in [0.4, 0.5) is 5.69 Å². The Balaban J connectivity index is 1.76. The number of thioether (sulfide) groups is 1. The molecular formula is C22H23NO2S2. The Kier molecular flexibility index (Phi) is 6.69. The molecule has 0 aliphatic carbocycles. The topological polar surface area (TPSA) is 29.5 Å². The maximum absolute atomic E-state index is 12.9. The molecule has 2 aromatic rings. The monoisotopic (exact) mass is 397 g/mol. The number of unbranched alkanes of at least 4 members (excludes halogenated alkanes) is 1. The Labute approximate surface area is 170 Å². The van der Waals surface area contributed by atoms with Crippen molar-refractivity contribution in [2.45, 2.75) is 33.1 Å². The second-order valence-electron chi connectivity index (χ2n) is 6.29. The third-order valence-corrected chi connectivity index (χ3v) is 5.60. The molecule has 140 valence electrons. The number of nitrogens with zero attached hydrogens (tertiary/aromatic N) is 1. The van der Waals surface area contributed by atoms with Crippen LogP contribution in [0.1, 0.15) is 37.8 Å². The Morgan fingerprint density at radius 2 is 1.78 bits per heavy atom. The van der Waals surface area contributed by atoms with Gasteiger partial charge < -0.3 is 4.74 Å². The van der Waals surface area contributed by atoms with Gasteiger partial charge in [-0.15, -0.1) is 0 Å². The number of ether oxygens (including phenoxy) is 1. The lowest BCUT2D eigenvalue weighted by Crippen LogP contribution is -2.27. The van der Waals surface area contributed by atoms with E-state index in [1.54, 1.807) is 4.90 Å². The average Bonchev–Trinajstić information content (AvgIpc) is 2.95. The molecule has 27 heavy (non-hydrogen) atoms. The van der Waals surface area contributed by atoms with Crippen molar-refractivity contribution in [1.82, 2.24) is 0 Å². The molecule has 1 saturated heterocycles. The fourth-order valence-electron chi connectivity index (χ4n) is 2.86. The first-order chi connectivity index (χ1) is 13.1. The Bertz CT molecular complexity index is 842. The van der Waals surface area contributed by atoms with E-state index >= 15 is 0 Å². The van der Waals surface area contributed by atoms with Crippen molar-refractivity contribution in [2.24, 2.45) is 0 Å². The maximum Gasteiger partial charge on any atom is 0.270 e. The molecule has 0 aromatic heterocycles. The first-order valence-electron chi connectivity index (χ1n) is 9.22. The standard InChI is InChI=1S/C22H23NO2S2/c1-3-5-6-16-7-11-18(12-8-16)23-21(24)20(27-22(23)26)15-17-9-13-19(14-10-17)25-4-2/h7-15H,3-6H2,1-2H3/b20-15-. The van der Waals surface area contributed by atoms with Gasteiger partial charge in [-0.05, 0) is 61.2 Å². The summed E-state index contributed by atoms with van der Waals surface area (Å²) in [5, 5.41) is 0. The highest BCUT2D eigenvalue weighted by atomic mass is 32.2. The van der Waals surface area contributed by atoms with Crippen molar-refractivity contribution in [2.75, 3.05) is 11.5 Å². The average molecular weight is 398 g/mol. The van der Waals surface area contributed by atoms with Crippen molar-refractivity contribution in [3.8, 4) is 5.75 Å². The predicted molar refractivity (Wildman–Crippen MR) is 118 cm³/mol. The number of thiocarbonyl (C=S) groups is 1. The number of amides is 1. The highest BCUT2D eigenvalue weighted by Gasteiger charge is 2.33. The molecule has 0 N–H and O–H groups in total. The van der Waals surface area contributed by atoms with Crippen LogP contribution >= 0.6 is 24.0 Å². The summed E-state index contributed by atoms with van der Waals surface area (Å²) in [5.74, 6) is 0.755. The van der Waals surface area contributed by atoms with Crippen molar-refractivity contribution < 1.29 is 9.53 Å². The summed E-state index contributed by atoms with van der Waals surface area (Å²) in [7, 11) is 0. The van der Waals surface area contributed by atoms with Crippen molar-refractivity contribution in [1.29, 1.82) is 0 Å². The second-order valence-corrected chi connectivity index (χ2v) is 7.96. The lowest BCUT2D eigenvalue weighted by Gasteiger charge is -2.15. The predicted octanol–water partition coefficient (Wildman–Crippen LogP) is 5.83. The number of aryl methyl sites for hydroxylation is 1. The fourth-order valence-corrected chi connectivity index (χ4v) is 4.16. The number of rotatable bonds is 7. The Hall–Kier alpha value is -2.11. The SMILES string of the molecule is CCCCc1ccc(N2C(=O)/C(=C/c3ccc(OCC)cc3)SC2=S)cc1. The summed E-state index contributed by atoms with van der Waals surface area (Å²) in [6.45, 7) is 4.77. The minimum absolute atomic E-state index is 0.0693. The normalized spacial score (nSPS) is 15.6. The van der Waals surface area contributed by atoms with Gasteiger partial charge in [0.05, 0.1) is 17.2 Å². The van der Waals surface area contributed by atoms with Crippen molar-refractivity contribution in [3.63, 3.8) is 0 Å². The van der Waals surface area contributed by atoms with Crippen LogP contribution in [-0.4, -0.2) is 16.8 Å². The van der Waals surface area contributed by atoms with E-state index in [4.69, 9.17) is 17.0 Å². The van der Waals surface area contributed by atoms with E-state index in [0.29, 0.717) is 15.8 Å². The number of benzene rings is 2. The van der Waals surface area contributed by atoms with Crippen LogP contribution in [0.3, 0.4) is 0 Å². The maximum atomic E-state index is 12.9. The van der Waals surface area contributed by atoms with Crippen LogP contribution in [0.5, 0.6) is 5.75 Å². The van der Waals surface area contributed by atoms with E-state index in [2.05, 4.69) is 19.1 Å². The molecule has 3 nitrogen and oxygen atoms in total. The van der Waals surface area contributed by atoms with Gasteiger partial charge in [-0.1, -0.05) is 61.6 Å². The van der Waals surface area contributed by atoms with Gasteiger partial charge in [0.25, 0.3) is 5.91 Å². The molecule has 1 aliphatic rings. The van der Waals surface area contributed by atoms with Gasteiger partial charge >= 0.3 is 0 Å². The molecule has 0 radical (unpaired) electrons. The minimum atomic E-state index is -0.0693. The third kappa shape index (κ3) is 4.79. The van der Waals surface area contributed by atoms with E-state index in [-0.39, 0.29) is 5.91 Å². The van der Waals surface area contributed by atoms with Crippen LogP contribution < -0.4 is 9.64 Å². The van der Waals surface area contributed by atoms with Crippen LogP contribution in [-0.2, 0) is 11.2 Å². The first-order valence-corrected chi connectivity index (χ1v) is 10.4. The molecule has 1 heterocycles. The number of hydrogen-bond donors (Lipinski definition) is 0. The number of carbonyl (C=O) groups is 1. The van der Waals surface area contributed by atoms with Crippen molar-refractivity contribution in [3.05, 3.63) is 64.6 Å². The first kappa shape index (κ1) is 19.6. The summed E-state index contributed by atoms with van der Waals surface area (Å²) in [6, 6.07) is 15.8. The van der Waals surface area contributed by atoms with E-state index < -0.39 is 0 Å². The van der Waals surface area contributed by atoms with E-state index in [0.717, 1.165) is 23.4 Å². The second kappa shape index (κ2) is 9.20. The van der Waals surface area contributed by atoms with Crippen LogP contribution in [0.25, 0.3) is 6.08 Å². The molecule has 1 fully saturated rings. The minimum Gasteiger partial charge on any atom is -0.494 e. The zero-order valence-corrected chi connectivity index (χ0v) is 17.2. The Morgan fingerprint density at radius 3 is 2.41 bits per heavy atom. The lowest BCUT2D eigenvalue weighted by molar-refractivity contribution is -0.113. The molecule has 3 rings (SSSR count). The third-order valence-electron chi connectivity index (χ3n) is 4.30. The van der Waals surface area contributed by atoms with Gasteiger partial charge in [0.1, 0.15) is 5.75 Å². The number of anilines is 1. The number of carbonyl (C=O) groups excluding carboxylic acids is 1. The summed E-state index contributed by atoms with van der Waals surface area (Å²) >= 11 is 6.80. The molecule has 1 amide bonds. The zero-order chi connectivity index (χ0) is 19.2. The van der Waals surface area contributed by atoms with Gasteiger partial charge in [0, 0.05) is 0 Å². The lowest BCUT2D eigenvalue weighted by atomic mass is 10.1. The van der Waals surface area contributed by atoms with Crippen molar-refractivity contribution >= 4 is 46.0 Å². The van der Waals surface area contributed by atoms with Crippen LogP contribution in [0.15, 0.2) is 53.4 Å². The quantitative estimate of drug-likeness (QED) is 0.434. The van der Waals surface area contributed by atoms with Crippen LogP contribution in [0, 0.1) is 0 Å². The smallest absolute Gasteiger partial charge is 0.270 e. The van der Waals surface area contributed by atoms with Gasteiger partial charge in [-0.25, -0.2) is 0 Å². The largest absolute Gasteiger partial charge is 0.494 e. The molecule has 0 atom stereocenters. The number of hydrogen-bond acceptors (Lipinski definition) is 4. The molecule has 1 aliphatic heterocycles. The summed E-state index contributed by atoms with van der Waals surface area (Å²) < 4.78 is 6.02.